The molecule has 1 aromatic rings. The molecule has 0 spiro atoms. The summed E-state index contributed by atoms with van der Waals surface area (Å²) in [7, 11) is -3.47. The van der Waals surface area contributed by atoms with E-state index in [-0.39, 0.29) is 11.8 Å². The number of hydrogen-bond donors (Lipinski definition) is 0. The molecule has 0 saturated carbocycles. The van der Waals surface area contributed by atoms with Crippen LogP contribution in [-0.2, 0) is 14.8 Å². The molecular formula is C19H28N2O3S. The second-order valence-electron chi connectivity index (χ2n) is 7.31. The van der Waals surface area contributed by atoms with Crippen LogP contribution in [0.1, 0.15) is 43.2 Å². The lowest BCUT2D eigenvalue weighted by Gasteiger charge is -2.35. The van der Waals surface area contributed by atoms with Crippen LogP contribution >= 0.6 is 0 Å². The number of carbonyl (C=O) groups excluding carboxylic acids is 1. The molecule has 0 radical (unpaired) electrons. The molecule has 5 nitrogen and oxygen atoms in total. The van der Waals surface area contributed by atoms with Crippen LogP contribution in [0, 0.1) is 19.8 Å². The first-order valence-corrected chi connectivity index (χ1v) is 10.7. The third-order valence-electron chi connectivity index (χ3n) is 5.59. The monoisotopic (exact) mass is 364 g/mol. The minimum atomic E-state index is -3.47. The summed E-state index contributed by atoms with van der Waals surface area (Å²) in [6.45, 7) is 6.49. The number of amides is 1. The van der Waals surface area contributed by atoms with Crippen molar-refractivity contribution in [2.75, 3.05) is 26.2 Å². The van der Waals surface area contributed by atoms with Crippen molar-refractivity contribution in [2.45, 2.75) is 50.8 Å². The molecule has 2 aliphatic rings. The quantitative estimate of drug-likeness (QED) is 0.829. The van der Waals surface area contributed by atoms with Gasteiger partial charge in [0.2, 0.25) is 15.9 Å². The number of nitrogens with zero attached hydrogens (tertiary/aromatic N) is 2. The van der Waals surface area contributed by atoms with Gasteiger partial charge >= 0.3 is 0 Å². The Morgan fingerprint density at radius 2 is 1.60 bits per heavy atom. The summed E-state index contributed by atoms with van der Waals surface area (Å²) in [5, 5.41) is 0. The lowest BCUT2D eigenvalue weighted by molar-refractivity contribution is -0.137. The van der Waals surface area contributed by atoms with E-state index < -0.39 is 10.0 Å². The van der Waals surface area contributed by atoms with Crippen molar-refractivity contribution >= 4 is 15.9 Å². The van der Waals surface area contributed by atoms with E-state index in [9.17, 15) is 13.2 Å². The zero-order valence-electron chi connectivity index (χ0n) is 15.2. The Kier molecular flexibility index (Phi) is 5.49. The number of sulfonamides is 1. The molecule has 2 fully saturated rings. The molecule has 138 valence electrons. The molecule has 2 heterocycles. The molecule has 1 aromatic carbocycles. The van der Waals surface area contributed by atoms with Gasteiger partial charge in [0.1, 0.15) is 0 Å². The van der Waals surface area contributed by atoms with Gasteiger partial charge in [-0.05, 0) is 69.2 Å². The summed E-state index contributed by atoms with van der Waals surface area (Å²) < 4.78 is 27.3. The number of piperidine rings is 2. The fourth-order valence-electron chi connectivity index (χ4n) is 3.74. The van der Waals surface area contributed by atoms with Gasteiger partial charge in [0, 0.05) is 32.1 Å². The highest BCUT2D eigenvalue weighted by molar-refractivity contribution is 7.89. The van der Waals surface area contributed by atoms with Crippen LogP contribution in [0.15, 0.2) is 23.1 Å². The van der Waals surface area contributed by atoms with Gasteiger partial charge in [-0.2, -0.15) is 4.31 Å². The number of carbonyl (C=O) groups is 1. The molecular weight excluding hydrogens is 336 g/mol. The molecule has 0 unspecified atom stereocenters. The van der Waals surface area contributed by atoms with Gasteiger partial charge in [-0.1, -0.05) is 6.07 Å². The van der Waals surface area contributed by atoms with Crippen molar-refractivity contribution in [1.82, 2.24) is 9.21 Å². The van der Waals surface area contributed by atoms with Crippen molar-refractivity contribution < 1.29 is 13.2 Å². The molecule has 1 amide bonds. The molecule has 6 heteroatoms. The zero-order valence-corrected chi connectivity index (χ0v) is 16.0. The lowest BCUT2D eigenvalue weighted by Crippen LogP contribution is -2.45. The van der Waals surface area contributed by atoms with Crippen molar-refractivity contribution in [3.05, 3.63) is 29.3 Å². The van der Waals surface area contributed by atoms with E-state index >= 15 is 0 Å². The molecule has 0 atom stereocenters. The highest BCUT2D eigenvalue weighted by atomic mass is 32.2. The summed E-state index contributed by atoms with van der Waals surface area (Å²) in [5.74, 6) is 0.201. The van der Waals surface area contributed by atoms with Crippen LogP contribution in [0.25, 0.3) is 0 Å². The predicted molar refractivity (Wildman–Crippen MR) is 97.8 cm³/mol. The van der Waals surface area contributed by atoms with Gasteiger partial charge < -0.3 is 4.90 Å². The summed E-state index contributed by atoms with van der Waals surface area (Å²) in [6.07, 6.45) is 4.63. The van der Waals surface area contributed by atoms with Gasteiger partial charge in [0.15, 0.2) is 0 Å². The lowest BCUT2D eigenvalue weighted by atomic mass is 9.95. The highest BCUT2D eigenvalue weighted by Crippen LogP contribution is 2.27. The van der Waals surface area contributed by atoms with Crippen LogP contribution in [0.5, 0.6) is 0 Å². The number of rotatable bonds is 3. The Labute approximate surface area is 151 Å². The summed E-state index contributed by atoms with van der Waals surface area (Å²) >= 11 is 0. The summed E-state index contributed by atoms with van der Waals surface area (Å²) in [4.78, 5) is 15.0. The number of hydrogen-bond acceptors (Lipinski definition) is 3. The van der Waals surface area contributed by atoms with E-state index in [4.69, 9.17) is 0 Å². The molecule has 0 N–H and O–H groups in total. The first-order chi connectivity index (χ1) is 11.9. The average molecular weight is 365 g/mol. The molecule has 3 rings (SSSR count). The van der Waals surface area contributed by atoms with E-state index in [2.05, 4.69) is 0 Å². The molecule has 0 bridgehead atoms. The van der Waals surface area contributed by atoms with E-state index in [0.29, 0.717) is 30.8 Å². The van der Waals surface area contributed by atoms with Crippen LogP contribution < -0.4 is 0 Å². The largest absolute Gasteiger partial charge is 0.342 e. The van der Waals surface area contributed by atoms with Crippen LogP contribution in [-0.4, -0.2) is 49.7 Å². The molecule has 0 aliphatic carbocycles. The maximum atomic E-state index is 12.9. The minimum Gasteiger partial charge on any atom is -0.342 e. The smallest absolute Gasteiger partial charge is 0.243 e. The Morgan fingerprint density at radius 1 is 0.960 bits per heavy atom. The van der Waals surface area contributed by atoms with E-state index in [1.807, 2.05) is 24.8 Å². The molecule has 25 heavy (non-hydrogen) atoms. The molecule has 2 aliphatic heterocycles. The maximum absolute atomic E-state index is 12.9. The number of likely N-dealkylation sites (tertiary alicyclic amines) is 1. The van der Waals surface area contributed by atoms with Crippen molar-refractivity contribution in [1.29, 1.82) is 0 Å². The van der Waals surface area contributed by atoms with Crippen LogP contribution in [0.2, 0.25) is 0 Å². The third kappa shape index (κ3) is 3.90. The van der Waals surface area contributed by atoms with E-state index in [1.54, 1.807) is 12.1 Å². The number of aryl methyl sites for hydroxylation is 2. The Morgan fingerprint density at radius 3 is 2.20 bits per heavy atom. The maximum Gasteiger partial charge on any atom is 0.243 e. The van der Waals surface area contributed by atoms with E-state index in [1.165, 1.54) is 10.7 Å². The highest BCUT2D eigenvalue weighted by Gasteiger charge is 2.34. The van der Waals surface area contributed by atoms with E-state index in [0.717, 1.165) is 37.1 Å². The zero-order chi connectivity index (χ0) is 18.0. The predicted octanol–water partition coefficient (Wildman–Crippen LogP) is 2.72. The van der Waals surface area contributed by atoms with Crippen LogP contribution in [0.3, 0.4) is 0 Å². The van der Waals surface area contributed by atoms with Crippen LogP contribution in [0.4, 0.5) is 0 Å². The first-order valence-electron chi connectivity index (χ1n) is 9.26. The van der Waals surface area contributed by atoms with Gasteiger partial charge in [0.25, 0.3) is 0 Å². The standard InChI is InChI=1S/C19H28N2O3S/c1-15-6-7-18(14-16(15)2)25(23,24)21-12-8-17(9-13-21)19(22)20-10-4-3-5-11-20/h6-7,14,17H,3-5,8-13H2,1-2H3. The van der Waals surface area contributed by atoms with Crippen molar-refractivity contribution in [3.8, 4) is 0 Å². The molecule has 2 saturated heterocycles. The topological polar surface area (TPSA) is 57.7 Å². The Hall–Kier alpha value is -1.40. The fourth-order valence-corrected chi connectivity index (χ4v) is 5.29. The second-order valence-corrected chi connectivity index (χ2v) is 9.25. The summed E-state index contributed by atoms with van der Waals surface area (Å²) in [5.41, 5.74) is 2.07. The van der Waals surface area contributed by atoms with Gasteiger partial charge in [-0.3, -0.25) is 4.79 Å². The second kappa shape index (κ2) is 7.46. The SMILES string of the molecule is Cc1ccc(S(=O)(=O)N2CCC(C(=O)N3CCCCC3)CC2)cc1C. The van der Waals surface area contributed by atoms with Gasteiger partial charge in [-0.15, -0.1) is 0 Å². The first kappa shape index (κ1) is 18.4. The van der Waals surface area contributed by atoms with Crippen molar-refractivity contribution in [2.24, 2.45) is 5.92 Å². The van der Waals surface area contributed by atoms with Gasteiger partial charge in [0.05, 0.1) is 4.90 Å². The van der Waals surface area contributed by atoms with Crippen molar-refractivity contribution in [3.63, 3.8) is 0 Å². The Bertz CT molecular complexity index is 731. The molecule has 0 aromatic heterocycles. The summed E-state index contributed by atoms with van der Waals surface area (Å²) in [6, 6.07) is 5.28. The fraction of sp³-hybridized carbons (Fsp3) is 0.632. The Balaban J connectivity index is 1.64. The van der Waals surface area contributed by atoms with Gasteiger partial charge in [-0.25, -0.2) is 8.42 Å². The minimum absolute atomic E-state index is 0.0238. The normalized spacial score (nSPS) is 20.6. The third-order valence-corrected chi connectivity index (χ3v) is 7.48. The number of benzene rings is 1. The average Bonchev–Trinajstić information content (AvgIpc) is 2.64.